The van der Waals surface area contributed by atoms with E-state index in [0.29, 0.717) is 33.7 Å². The number of nitrogen functional groups attached to an aromatic ring is 1. The Morgan fingerprint density at radius 1 is 0.971 bits per heavy atom. The van der Waals surface area contributed by atoms with Crippen molar-refractivity contribution in [3.63, 3.8) is 0 Å². The molecule has 1 atom stereocenters. The summed E-state index contributed by atoms with van der Waals surface area (Å²) in [6, 6.07) is 8.27. The molecule has 0 bridgehead atoms. The largest absolute Gasteiger partial charge is 0.383 e. The monoisotopic (exact) mass is 465 g/mol. The van der Waals surface area contributed by atoms with Gasteiger partial charge in [0.1, 0.15) is 23.7 Å². The maximum Gasteiger partial charge on any atom is 0.164 e. The Labute approximate surface area is 199 Å². The number of halogens is 1. The van der Waals surface area contributed by atoms with Crippen LogP contribution in [0.5, 0.6) is 0 Å². The average Bonchev–Trinajstić information content (AvgIpc) is 3.46. The van der Waals surface area contributed by atoms with Gasteiger partial charge in [0.25, 0.3) is 0 Å². The Hall–Kier alpha value is -4.73. The highest BCUT2D eigenvalue weighted by Crippen LogP contribution is 2.36. The van der Waals surface area contributed by atoms with E-state index in [2.05, 4.69) is 25.0 Å². The fraction of sp³-hybridized carbons (Fsp3) is 0.120. The second kappa shape index (κ2) is 7.94. The Bertz CT molecular complexity index is 1720. The number of nitrogens with two attached hydrogens (primary N) is 1. The molecule has 10 heteroatoms. The van der Waals surface area contributed by atoms with Gasteiger partial charge in [-0.15, -0.1) is 0 Å². The maximum atomic E-state index is 14.4. The molecule has 0 fully saturated rings. The van der Waals surface area contributed by atoms with Crippen LogP contribution in [0.25, 0.3) is 44.3 Å². The van der Waals surface area contributed by atoms with Crippen molar-refractivity contribution >= 4 is 27.8 Å². The Morgan fingerprint density at radius 2 is 1.80 bits per heavy atom. The van der Waals surface area contributed by atoms with Gasteiger partial charge >= 0.3 is 0 Å². The summed E-state index contributed by atoms with van der Waals surface area (Å²) in [4.78, 5) is 17.5. The van der Waals surface area contributed by atoms with E-state index in [1.807, 2.05) is 20.0 Å². The molecule has 0 aliphatic rings. The normalized spacial score (nSPS) is 12.4. The lowest BCUT2D eigenvalue weighted by molar-refractivity contribution is 0.579. The van der Waals surface area contributed by atoms with Crippen molar-refractivity contribution in [2.45, 2.75) is 13.0 Å². The lowest BCUT2D eigenvalue weighted by Crippen LogP contribution is -2.10. The topological polar surface area (TPSA) is 113 Å². The maximum absolute atomic E-state index is 14.4. The van der Waals surface area contributed by atoms with E-state index in [4.69, 9.17) is 10.8 Å². The van der Waals surface area contributed by atoms with Crippen LogP contribution in [0, 0.1) is 5.82 Å². The third-order valence-electron chi connectivity index (χ3n) is 6.24. The molecule has 9 nitrogen and oxygen atoms in total. The average molecular weight is 465 g/mol. The van der Waals surface area contributed by atoms with Crippen LogP contribution in [-0.4, -0.2) is 39.5 Å². The minimum absolute atomic E-state index is 0.277. The quantitative estimate of drug-likeness (QED) is 0.416. The molecule has 6 rings (SSSR count). The molecule has 0 amide bonds. The van der Waals surface area contributed by atoms with Crippen molar-refractivity contribution in [1.82, 2.24) is 39.5 Å². The minimum Gasteiger partial charge on any atom is -0.383 e. The van der Waals surface area contributed by atoms with Crippen molar-refractivity contribution in [3.8, 4) is 22.4 Å². The van der Waals surface area contributed by atoms with Gasteiger partial charge in [0.2, 0.25) is 0 Å². The molecule has 0 aliphatic carbocycles. The van der Waals surface area contributed by atoms with Gasteiger partial charge in [0.05, 0.1) is 29.3 Å². The summed E-state index contributed by atoms with van der Waals surface area (Å²) in [6.07, 6.45) is 10.1. The van der Waals surface area contributed by atoms with Crippen LogP contribution < -0.4 is 5.73 Å². The number of aryl methyl sites for hydroxylation is 1. The van der Waals surface area contributed by atoms with Crippen molar-refractivity contribution in [2.75, 3.05) is 5.73 Å². The fourth-order valence-electron chi connectivity index (χ4n) is 4.37. The third kappa shape index (κ3) is 3.30. The molecule has 0 saturated carbocycles. The highest BCUT2D eigenvalue weighted by atomic mass is 19.1. The van der Waals surface area contributed by atoms with Crippen LogP contribution in [0.1, 0.15) is 18.5 Å². The first kappa shape index (κ1) is 20.8. The van der Waals surface area contributed by atoms with Crippen LogP contribution in [0.2, 0.25) is 0 Å². The molecule has 1 unspecified atom stereocenters. The van der Waals surface area contributed by atoms with Gasteiger partial charge in [-0.2, -0.15) is 10.2 Å². The van der Waals surface area contributed by atoms with E-state index in [0.717, 1.165) is 22.0 Å². The zero-order chi connectivity index (χ0) is 24.1. The first-order chi connectivity index (χ1) is 17.0. The number of nitrogens with zero attached hydrogens (tertiary/aromatic N) is 8. The van der Waals surface area contributed by atoms with Gasteiger partial charge in [-0.25, -0.2) is 19.0 Å². The minimum atomic E-state index is -0.302. The molecule has 0 radical (unpaired) electrons. The first-order valence-electron chi connectivity index (χ1n) is 11.0. The van der Waals surface area contributed by atoms with Crippen LogP contribution in [0.4, 0.5) is 10.2 Å². The summed E-state index contributed by atoms with van der Waals surface area (Å²) in [5.74, 6) is 0.0195. The Kier molecular flexibility index (Phi) is 4.73. The van der Waals surface area contributed by atoms with E-state index in [-0.39, 0.29) is 11.9 Å². The third-order valence-corrected chi connectivity index (χ3v) is 6.24. The number of anilines is 1. The summed E-state index contributed by atoms with van der Waals surface area (Å²) in [5.41, 5.74) is 11.2. The first-order valence-corrected chi connectivity index (χ1v) is 11.0. The van der Waals surface area contributed by atoms with E-state index in [1.54, 1.807) is 58.5 Å². The number of benzene rings is 1. The molecule has 0 spiro atoms. The van der Waals surface area contributed by atoms with Crippen molar-refractivity contribution in [2.24, 2.45) is 7.05 Å². The molecule has 35 heavy (non-hydrogen) atoms. The molecule has 1 aromatic carbocycles. The Balaban J connectivity index is 1.53. The standard InChI is InChI=1S/C25H20FN9/c1-14(15-7-16(9-28-8-15)17-5-3-4-6-20(17)26)35-25-22(24(27)30-13-31-25)23(33-35)19-10-29-12-21-18(19)11-32-34(21)2/h3-14H,1-2H3,(H2,27,30,31). The zero-order valence-corrected chi connectivity index (χ0v) is 19.0. The molecule has 2 N–H and O–H groups in total. The van der Waals surface area contributed by atoms with Crippen LogP contribution in [-0.2, 0) is 7.05 Å². The highest BCUT2D eigenvalue weighted by molar-refractivity contribution is 6.04. The second-order valence-electron chi connectivity index (χ2n) is 8.30. The molecular weight excluding hydrogens is 445 g/mol. The highest BCUT2D eigenvalue weighted by Gasteiger charge is 2.23. The van der Waals surface area contributed by atoms with Crippen molar-refractivity contribution in [3.05, 3.63) is 79.0 Å². The van der Waals surface area contributed by atoms with Crippen molar-refractivity contribution in [1.29, 1.82) is 0 Å². The summed E-state index contributed by atoms with van der Waals surface area (Å²) in [6.45, 7) is 1.99. The smallest absolute Gasteiger partial charge is 0.164 e. The molecule has 0 aliphatic heterocycles. The lowest BCUT2D eigenvalue weighted by atomic mass is 10.0. The summed E-state index contributed by atoms with van der Waals surface area (Å²) in [5, 5.41) is 10.8. The molecule has 5 heterocycles. The van der Waals surface area contributed by atoms with Crippen LogP contribution in [0.3, 0.4) is 0 Å². The lowest BCUT2D eigenvalue weighted by Gasteiger charge is -2.14. The predicted molar refractivity (Wildman–Crippen MR) is 131 cm³/mol. The van der Waals surface area contributed by atoms with Crippen molar-refractivity contribution < 1.29 is 4.39 Å². The number of pyridine rings is 2. The SMILES string of the molecule is CC(c1cncc(-c2ccccc2F)c1)n1nc(-c2cncc3c2cnn3C)c2c(N)ncnc21. The predicted octanol–water partition coefficient (Wildman–Crippen LogP) is 4.17. The van der Waals surface area contributed by atoms with Gasteiger partial charge < -0.3 is 5.73 Å². The molecule has 6 aromatic rings. The van der Waals surface area contributed by atoms with E-state index in [9.17, 15) is 4.39 Å². The number of fused-ring (bicyclic) bond motifs is 2. The fourth-order valence-corrected chi connectivity index (χ4v) is 4.37. The molecule has 172 valence electrons. The van der Waals surface area contributed by atoms with Gasteiger partial charge in [-0.3, -0.25) is 14.6 Å². The van der Waals surface area contributed by atoms with Gasteiger partial charge in [0, 0.05) is 47.7 Å². The number of hydrogen-bond donors (Lipinski definition) is 1. The molecule has 5 aromatic heterocycles. The van der Waals surface area contributed by atoms with Gasteiger partial charge in [-0.1, -0.05) is 18.2 Å². The zero-order valence-electron chi connectivity index (χ0n) is 19.0. The van der Waals surface area contributed by atoms with Crippen LogP contribution >= 0.6 is 0 Å². The number of hydrogen-bond acceptors (Lipinski definition) is 7. The van der Waals surface area contributed by atoms with E-state index >= 15 is 0 Å². The van der Waals surface area contributed by atoms with Gasteiger partial charge in [0.15, 0.2) is 5.65 Å². The number of aromatic nitrogens is 8. The number of rotatable bonds is 4. The Morgan fingerprint density at radius 3 is 2.66 bits per heavy atom. The van der Waals surface area contributed by atoms with E-state index < -0.39 is 0 Å². The molecular formula is C25H20FN9. The summed E-state index contributed by atoms with van der Waals surface area (Å²) < 4.78 is 18.0. The molecule has 0 saturated heterocycles. The second-order valence-corrected chi connectivity index (χ2v) is 8.30. The van der Waals surface area contributed by atoms with E-state index in [1.165, 1.54) is 12.4 Å². The van der Waals surface area contributed by atoms with Gasteiger partial charge in [-0.05, 0) is 24.6 Å². The summed E-state index contributed by atoms with van der Waals surface area (Å²) >= 11 is 0. The summed E-state index contributed by atoms with van der Waals surface area (Å²) in [7, 11) is 1.86. The van der Waals surface area contributed by atoms with Crippen LogP contribution in [0.15, 0.2) is 67.6 Å².